The summed E-state index contributed by atoms with van der Waals surface area (Å²) in [5.41, 5.74) is 4.55. The highest BCUT2D eigenvalue weighted by molar-refractivity contribution is 6.31. The molecule has 2 rings (SSSR count). The van der Waals surface area contributed by atoms with Gasteiger partial charge in [0.15, 0.2) is 0 Å². The zero-order valence-electron chi connectivity index (χ0n) is 14.4. The molecule has 25 heavy (non-hydrogen) atoms. The molecule has 1 atom stereocenters. The number of aromatic nitrogens is 2. The van der Waals surface area contributed by atoms with E-state index >= 15 is 0 Å². The maximum atomic E-state index is 11.3. The molecule has 0 radical (unpaired) electrons. The molecule has 0 aliphatic heterocycles. The molecule has 0 aromatic carbocycles. The predicted molar refractivity (Wildman–Crippen MR) is 96.2 cm³/mol. The molecule has 0 aliphatic carbocycles. The van der Waals surface area contributed by atoms with Gasteiger partial charge in [-0.1, -0.05) is 11.6 Å². The molecule has 134 valence electrons. The average molecular weight is 363 g/mol. The second-order valence-electron chi connectivity index (χ2n) is 5.97. The highest BCUT2D eigenvalue weighted by Crippen LogP contribution is 2.24. The highest BCUT2D eigenvalue weighted by atomic mass is 35.5. The Morgan fingerprint density at radius 1 is 1.36 bits per heavy atom. The van der Waals surface area contributed by atoms with Gasteiger partial charge in [-0.15, -0.1) is 0 Å². The number of hydrogen-bond acceptors (Lipinski definition) is 5. The van der Waals surface area contributed by atoms with Gasteiger partial charge in [-0.2, -0.15) is 0 Å². The Labute approximate surface area is 152 Å². The van der Waals surface area contributed by atoms with Crippen molar-refractivity contribution in [2.75, 3.05) is 6.54 Å². The Balaban J connectivity index is 2.15. The van der Waals surface area contributed by atoms with Crippen molar-refractivity contribution in [3.63, 3.8) is 0 Å². The zero-order chi connectivity index (χ0) is 18.2. The van der Waals surface area contributed by atoms with E-state index in [2.05, 4.69) is 27.9 Å². The molecule has 0 saturated heterocycles. The first-order valence-corrected chi connectivity index (χ1v) is 8.58. The molecule has 2 aromatic rings. The minimum atomic E-state index is -0.392. The summed E-state index contributed by atoms with van der Waals surface area (Å²) in [7, 11) is 0. The number of carbonyl (C=O) groups excluding carboxylic acids is 1. The summed E-state index contributed by atoms with van der Waals surface area (Å²) < 4.78 is 0. The van der Waals surface area contributed by atoms with E-state index in [1.165, 1.54) is 0 Å². The van der Waals surface area contributed by atoms with E-state index < -0.39 is 5.91 Å². The number of halogens is 1. The molecule has 0 spiro atoms. The zero-order valence-corrected chi connectivity index (χ0v) is 15.2. The summed E-state index contributed by atoms with van der Waals surface area (Å²) in [5, 5.41) is 9.25. The first-order valence-electron chi connectivity index (χ1n) is 8.20. The van der Waals surface area contributed by atoms with Gasteiger partial charge in [0.2, 0.25) is 5.91 Å². The second-order valence-corrected chi connectivity index (χ2v) is 6.38. The number of hydroxylamine groups is 1. The summed E-state index contributed by atoms with van der Waals surface area (Å²) in [5.74, 6) is -0.392. The molecule has 0 unspecified atom stereocenters. The Kier molecular flexibility index (Phi) is 7.31. The van der Waals surface area contributed by atoms with Gasteiger partial charge >= 0.3 is 0 Å². The molecule has 0 fully saturated rings. The minimum Gasteiger partial charge on any atom is -0.289 e. The molecule has 0 saturated carbocycles. The number of rotatable bonds is 8. The Morgan fingerprint density at radius 3 is 2.84 bits per heavy atom. The number of carbonyl (C=O) groups is 1. The Morgan fingerprint density at radius 2 is 2.16 bits per heavy atom. The van der Waals surface area contributed by atoms with E-state index in [1.807, 2.05) is 19.1 Å². The summed E-state index contributed by atoms with van der Waals surface area (Å²) in [6, 6.07) is 7.67. The Bertz CT molecular complexity index is 711. The van der Waals surface area contributed by atoms with E-state index in [4.69, 9.17) is 16.8 Å². The van der Waals surface area contributed by atoms with Crippen LogP contribution in [0.2, 0.25) is 5.02 Å². The van der Waals surface area contributed by atoms with Crippen LogP contribution in [0.25, 0.3) is 0 Å². The average Bonchev–Trinajstić information content (AvgIpc) is 2.61. The second kappa shape index (κ2) is 9.46. The first kappa shape index (κ1) is 19.3. The molecule has 7 heteroatoms. The number of nitrogens with zero attached hydrogens (tertiary/aromatic N) is 3. The van der Waals surface area contributed by atoms with Gasteiger partial charge < -0.3 is 0 Å². The number of pyridine rings is 2. The van der Waals surface area contributed by atoms with Crippen LogP contribution in [0.1, 0.15) is 42.8 Å². The van der Waals surface area contributed by atoms with Crippen LogP contribution in [0.15, 0.2) is 36.7 Å². The monoisotopic (exact) mass is 362 g/mol. The van der Waals surface area contributed by atoms with Gasteiger partial charge in [0.25, 0.3) is 0 Å². The van der Waals surface area contributed by atoms with Gasteiger partial charge in [-0.3, -0.25) is 24.9 Å². The molecular weight excluding hydrogens is 340 g/mol. The van der Waals surface area contributed by atoms with Crippen LogP contribution in [-0.4, -0.2) is 32.5 Å². The smallest absolute Gasteiger partial charge is 0.243 e. The lowest BCUT2D eigenvalue weighted by Crippen LogP contribution is -2.30. The van der Waals surface area contributed by atoms with Gasteiger partial charge in [0.1, 0.15) is 0 Å². The Hall–Kier alpha value is -2.02. The van der Waals surface area contributed by atoms with Crippen molar-refractivity contribution in [3.8, 4) is 0 Å². The van der Waals surface area contributed by atoms with Crippen LogP contribution in [0.4, 0.5) is 0 Å². The quantitative estimate of drug-likeness (QED) is 0.556. The minimum absolute atomic E-state index is 0.0372. The van der Waals surface area contributed by atoms with E-state index in [0.29, 0.717) is 24.5 Å². The summed E-state index contributed by atoms with van der Waals surface area (Å²) in [6.07, 6.45) is 4.37. The van der Waals surface area contributed by atoms with Crippen LogP contribution in [-0.2, 0) is 11.3 Å². The van der Waals surface area contributed by atoms with Crippen LogP contribution in [0, 0.1) is 6.92 Å². The van der Waals surface area contributed by atoms with E-state index in [-0.39, 0.29) is 12.5 Å². The maximum absolute atomic E-state index is 11.3. The lowest BCUT2D eigenvalue weighted by atomic mass is 10.1. The van der Waals surface area contributed by atoms with Crippen LogP contribution in [0.5, 0.6) is 0 Å². The van der Waals surface area contributed by atoms with Crippen LogP contribution >= 0.6 is 11.6 Å². The SMILES string of the molecule is Cc1ccnc([C@H](C)N(CCCC(=O)NO)Cc2ncccc2Cl)c1. The molecule has 2 aromatic heterocycles. The van der Waals surface area contributed by atoms with Gasteiger partial charge in [-0.25, -0.2) is 5.48 Å². The van der Waals surface area contributed by atoms with Crippen molar-refractivity contribution in [1.82, 2.24) is 20.3 Å². The largest absolute Gasteiger partial charge is 0.289 e. The van der Waals surface area contributed by atoms with Crippen molar-refractivity contribution in [1.29, 1.82) is 0 Å². The summed E-state index contributed by atoms with van der Waals surface area (Å²) in [6.45, 7) is 5.31. The lowest BCUT2D eigenvalue weighted by molar-refractivity contribution is -0.129. The topological polar surface area (TPSA) is 78.4 Å². The highest BCUT2D eigenvalue weighted by Gasteiger charge is 2.19. The number of amides is 1. The molecule has 1 amide bonds. The molecule has 2 heterocycles. The third-order valence-electron chi connectivity index (χ3n) is 4.07. The van der Waals surface area contributed by atoms with Crippen molar-refractivity contribution >= 4 is 17.5 Å². The van der Waals surface area contributed by atoms with Crippen molar-refractivity contribution in [2.24, 2.45) is 0 Å². The summed E-state index contributed by atoms with van der Waals surface area (Å²) in [4.78, 5) is 22.3. The third kappa shape index (κ3) is 5.77. The fraction of sp³-hybridized carbons (Fsp3) is 0.389. The number of nitrogens with one attached hydrogen (secondary N) is 1. The standard InChI is InChI=1S/C18H23ClN4O2/c1-13-7-9-21-16(11-13)14(2)23(10-4-6-18(24)22-25)12-17-15(19)5-3-8-20-17/h3,5,7-9,11,14,25H,4,6,10,12H2,1-2H3,(H,22,24)/t14-/m0/s1. The van der Waals surface area contributed by atoms with E-state index in [0.717, 1.165) is 17.0 Å². The van der Waals surface area contributed by atoms with Gasteiger partial charge in [0.05, 0.1) is 16.4 Å². The fourth-order valence-electron chi connectivity index (χ4n) is 2.61. The van der Waals surface area contributed by atoms with E-state index in [1.54, 1.807) is 23.9 Å². The molecule has 0 bridgehead atoms. The fourth-order valence-corrected chi connectivity index (χ4v) is 2.79. The third-order valence-corrected chi connectivity index (χ3v) is 4.42. The lowest BCUT2D eigenvalue weighted by Gasteiger charge is -2.29. The van der Waals surface area contributed by atoms with Crippen molar-refractivity contribution < 1.29 is 10.0 Å². The molecule has 0 aliphatic rings. The van der Waals surface area contributed by atoms with Crippen molar-refractivity contribution in [3.05, 3.63) is 58.6 Å². The maximum Gasteiger partial charge on any atom is 0.243 e. The molecule has 6 nitrogen and oxygen atoms in total. The number of hydrogen-bond donors (Lipinski definition) is 2. The molecule has 2 N–H and O–H groups in total. The van der Waals surface area contributed by atoms with Crippen LogP contribution < -0.4 is 5.48 Å². The number of aryl methyl sites for hydroxylation is 1. The summed E-state index contributed by atoms with van der Waals surface area (Å²) >= 11 is 6.25. The molecular formula is C18H23ClN4O2. The van der Waals surface area contributed by atoms with Crippen LogP contribution in [0.3, 0.4) is 0 Å². The van der Waals surface area contributed by atoms with Crippen molar-refractivity contribution in [2.45, 2.75) is 39.3 Å². The predicted octanol–water partition coefficient (Wildman–Crippen LogP) is 3.29. The van der Waals surface area contributed by atoms with E-state index in [9.17, 15) is 4.79 Å². The normalized spacial score (nSPS) is 12.2. The first-order chi connectivity index (χ1) is 12.0. The van der Waals surface area contributed by atoms with Gasteiger partial charge in [0, 0.05) is 31.4 Å². The van der Waals surface area contributed by atoms with Gasteiger partial charge in [-0.05, 0) is 56.6 Å².